The van der Waals surface area contributed by atoms with Crippen molar-refractivity contribution in [2.24, 2.45) is 4.99 Å². The van der Waals surface area contributed by atoms with Crippen molar-refractivity contribution in [3.05, 3.63) is 64.8 Å². The molecule has 0 spiro atoms. The molecule has 1 fully saturated rings. The van der Waals surface area contributed by atoms with Gasteiger partial charge in [-0.1, -0.05) is 17.7 Å². The minimum Gasteiger partial charge on any atom is -0.368 e. The number of anilines is 5. The molecule has 1 aromatic heterocycles. The summed E-state index contributed by atoms with van der Waals surface area (Å²) in [6.07, 6.45) is 1.35. The van der Waals surface area contributed by atoms with Crippen molar-refractivity contribution in [1.82, 2.24) is 14.9 Å². The molecule has 2 aromatic carbocycles. The maximum atomic E-state index is 15.2. The van der Waals surface area contributed by atoms with Crippen molar-refractivity contribution in [1.29, 1.82) is 0 Å². The summed E-state index contributed by atoms with van der Waals surface area (Å²) in [5.74, 6) is -0.962. The molecule has 0 saturated carbocycles. The second-order valence-corrected chi connectivity index (χ2v) is 10.4. The van der Waals surface area contributed by atoms with E-state index in [1.807, 2.05) is 6.07 Å². The summed E-state index contributed by atoms with van der Waals surface area (Å²) in [4.78, 5) is 34.0. The molecule has 3 aliphatic heterocycles. The van der Waals surface area contributed by atoms with Crippen LogP contribution in [0.1, 0.15) is 24.2 Å². The van der Waals surface area contributed by atoms with Crippen LogP contribution in [0.3, 0.4) is 0 Å². The van der Waals surface area contributed by atoms with Crippen LogP contribution in [-0.2, 0) is 0 Å². The van der Waals surface area contributed by atoms with Crippen LogP contribution in [0.25, 0.3) is 0 Å². The van der Waals surface area contributed by atoms with Gasteiger partial charge in [-0.05, 0) is 51.2 Å². The number of nitrogens with zero attached hydrogens (tertiary/aromatic N) is 7. The van der Waals surface area contributed by atoms with Crippen molar-refractivity contribution in [3.63, 3.8) is 0 Å². The molecule has 6 rings (SSSR count). The third-order valence-corrected chi connectivity index (χ3v) is 7.87. The smallest absolute Gasteiger partial charge is 0.270 e. The molecule has 0 radical (unpaired) electrons. The number of hydrogen-bond donors (Lipinski definition) is 1. The summed E-state index contributed by atoms with van der Waals surface area (Å²) in [6.45, 7) is 6.76. The van der Waals surface area contributed by atoms with E-state index >= 15 is 4.39 Å². The second-order valence-electron chi connectivity index (χ2n) is 10.0. The number of carbonyl (C=O) groups excluding carboxylic acids is 1. The number of amides is 1. The van der Waals surface area contributed by atoms with E-state index in [1.54, 1.807) is 11.0 Å². The first kappa shape index (κ1) is 25.4. The lowest BCUT2D eigenvalue weighted by Gasteiger charge is -2.43. The zero-order valence-corrected chi connectivity index (χ0v) is 22.5. The molecule has 1 amide bonds. The average Bonchev–Trinajstić information content (AvgIpc) is 3.39. The molecule has 0 aliphatic carbocycles. The van der Waals surface area contributed by atoms with Crippen LogP contribution in [0.5, 0.6) is 0 Å². The van der Waals surface area contributed by atoms with Crippen molar-refractivity contribution in [2.45, 2.75) is 25.9 Å². The Hall–Kier alpha value is -3.83. The van der Waals surface area contributed by atoms with Crippen molar-refractivity contribution in [2.75, 3.05) is 53.2 Å². The molecular formula is C27H27ClF2N8O. The largest absolute Gasteiger partial charge is 0.368 e. The average molecular weight is 553 g/mol. The van der Waals surface area contributed by atoms with Crippen molar-refractivity contribution >= 4 is 52.3 Å². The van der Waals surface area contributed by atoms with Crippen molar-refractivity contribution < 1.29 is 13.6 Å². The first-order valence-corrected chi connectivity index (χ1v) is 13.1. The summed E-state index contributed by atoms with van der Waals surface area (Å²) < 4.78 is 30.0. The highest BCUT2D eigenvalue weighted by atomic mass is 35.5. The van der Waals surface area contributed by atoms with Crippen LogP contribution in [0.4, 0.5) is 37.6 Å². The highest BCUT2D eigenvalue weighted by Gasteiger charge is 2.41. The number of aromatic nitrogens is 2. The minimum atomic E-state index is -0.646. The molecule has 0 bridgehead atoms. The minimum absolute atomic E-state index is 0.0750. The molecule has 9 nitrogen and oxygen atoms in total. The van der Waals surface area contributed by atoms with Gasteiger partial charge in [-0.25, -0.2) is 18.7 Å². The van der Waals surface area contributed by atoms with Crippen LogP contribution in [-0.4, -0.2) is 72.0 Å². The molecule has 2 atom stereocenters. The molecule has 202 valence electrons. The molecule has 3 aliphatic rings. The normalized spacial score (nSPS) is 21.1. The predicted molar refractivity (Wildman–Crippen MR) is 148 cm³/mol. The maximum Gasteiger partial charge on any atom is 0.270 e. The van der Waals surface area contributed by atoms with E-state index in [-0.39, 0.29) is 33.9 Å². The molecule has 12 heteroatoms. The Balaban J connectivity index is 1.28. The zero-order valence-electron chi connectivity index (χ0n) is 21.7. The van der Waals surface area contributed by atoms with Crippen LogP contribution in [0, 0.1) is 11.6 Å². The van der Waals surface area contributed by atoms with E-state index in [9.17, 15) is 9.18 Å². The summed E-state index contributed by atoms with van der Waals surface area (Å²) in [5.41, 5.74) is 1.11. The molecular weight excluding hydrogens is 526 g/mol. The molecule has 3 aromatic rings. The van der Waals surface area contributed by atoms with Gasteiger partial charge >= 0.3 is 0 Å². The van der Waals surface area contributed by atoms with E-state index in [0.717, 1.165) is 23.7 Å². The number of para-hydroxylation sites is 1. The summed E-state index contributed by atoms with van der Waals surface area (Å²) in [7, 11) is 2.11. The number of fused-ring (bicyclic) bond motifs is 3. The summed E-state index contributed by atoms with van der Waals surface area (Å²) in [6, 6.07) is 9.97. The Morgan fingerprint density at radius 1 is 1.08 bits per heavy atom. The van der Waals surface area contributed by atoms with Crippen molar-refractivity contribution in [3.8, 4) is 0 Å². The highest BCUT2D eigenvalue weighted by molar-refractivity contribution is 6.38. The fourth-order valence-electron chi connectivity index (χ4n) is 5.27. The SMILES string of the molecule is C[C@@H]1CN(c2ccc(Nc3ncc4c(n3)N3CCN=C3N(c3c(F)cccc3Cl)C4=O)c(F)c2)C[C@H](C)N1C. The second kappa shape index (κ2) is 9.73. The monoisotopic (exact) mass is 552 g/mol. The van der Waals surface area contributed by atoms with Gasteiger partial charge in [0.25, 0.3) is 5.91 Å². The highest BCUT2D eigenvalue weighted by Crippen LogP contribution is 2.37. The number of nitrogens with one attached hydrogen (secondary N) is 1. The van der Waals surface area contributed by atoms with Gasteiger partial charge in [0.2, 0.25) is 11.9 Å². The fraction of sp³-hybridized carbons (Fsp3) is 0.333. The number of piperazine rings is 1. The molecule has 39 heavy (non-hydrogen) atoms. The third kappa shape index (κ3) is 4.35. The lowest BCUT2D eigenvalue weighted by molar-refractivity contribution is 0.0999. The van der Waals surface area contributed by atoms with Gasteiger partial charge in [-0.2, -0.15) is 4.98 Å². The molecule has 1 N–H and O–H groups in total. The van der Waals surface area contributed by atoms with E-state index in [2.05, 4.69) is 51.0 Å². The summed E-state index contributed by atoms with van der Waals surface area (Å²) in [5, 5.41) is 3.02. The standard InChI is InChI=1S/C27H27ClF2N8O/c1-15-13-36(14-16(2)35(15)3)17-7-8-22(21(30)11-17)33-26-32-12-18-24(34-26)37-10-9-31-27(37)38(25(18)39)23-19(28)5-4-6-20(23)29/h4-8,11-12,15-16H,9-10,13-14H2,1-3H3,(H,32,33,34)/t15-,16+. The fourth-order valence-corrected chi connectivity index (χ4v) is 5.52. The number of aliphatic imine (C=N–C) groups is 1. The Morgan fingerprint density at radius 3 is 2.56 bits per heavy atom. The first-order valence-electron chi connectivity index (χ1n) is 12.7. The van der Waals surface area contributed by atoms with Crippen LogP contribution < -0.4 is 20.0 Å². The van der Waals surface area contributed by atoms with Gasteiger partial charge in [-0.15, -0.1) is 0 Å². The topological polar surface area (TPSA) is 80.2 Å². The third-order valence-electron chi connectivity index (χ3n) is 7.56. The maximum absolute atomic E-state index is 15.2. The van der Waals surface area contributed by atoms with Crippen LogP contribution in [0.2, 0.25) is 5.02 Å². The van der Waals surface area contributed by atoms with Crippen LogP contribution >= 0.6 is 11.6 Å². The number of rotatable bonds is 4. The molecule has 0 unspecified atom stereocenters. The predicted octanol–water partition coefficient (Wildman–Crippen LogP) is 4.52. The summed E-state index contributed by atoms with van der Waals surface area (Å²) >= 11 is 6.27. The number of halogens is 3. The van der Waals surface area contributed by atoms with E-state index in [0.29, 0.717) is 31.0 Å². The number of guanidine groups is 1. The van der Waals surface area contributed by atoms with E-state index < -0.39 is 17.5 Å². The Bertz CT molecular complexity index is 1470. The lowest BCUT2D eigenvalue weighted by atomic mass is 10.1. The van der Waals surface area contributed by atoms with E-state index in [4.69, 9.17) is 11.6 Å². The number of benzene rings is 2. The first-order chi connectivity index (χ1) is 18.7. The lowest BCUT2D eigenvalue weighted by Crippen LogP contribution is -2.55. The van der Waals surface area contributed by atoms with Gasteiger partial charge in [0.15, 0.2) is 5.82 Å². The number of hydrogen-bond acceptors (Lipinski definition) is 8. The van der Waals surface area contributed by atoms with Gasteiger partial charge in [0.1, 0.15) is 22.9 Å². The Kier molecular flexibility index (Phi) is 6.35. The van der Waals surface area contributed by atoms with E-state index in [1.165, 1.54) is 30.5 Å². The Morgan fingerprint density at radius 2 is 1.85 bits per heavy atom. The van der Waals surface area contributed by atoms with Crippen LogP contribution in [0.15, 0.2) is 47.6 Å². The van der Waals surface area contributed by atoms with Gasteiger partial charge < -0.3 is 10.2 Å². The molecule has 1 saturated heterocycles. The Labute approximate surface area is 229 Å². The van der Waals surface area contributed by atoms with Gasteiger partial charge in [0.05, 0.1) is 17.3 Å². The number of likely N-dealkylation sites (N-methyl/N-ethyl adjacent to an activating group) is 1. The zero-order chi connectivity index (χ0) is 27.4. The quantitative estimate of drug-likeness (QED) is 0.510. The van der Waals surface area contributed by atoms with Gasteiger partial charge in [-0.3, -0.25) is 19.6 Å². The van der Waals surface area contributed by atoms with Gasteiger partial charge in [0, 0.05) is 43.6 Å². The molecule has 4 heterocycles. The number of carbonyl (C=O) groups is 1.